The Morgan fingerprint density at radius 3 is 2.97 bits per heavy atom. The van der Waals surface area contributed by atoms with E-state index in [4.69, 9.17) is 9.52 Å². The first kappa shape index (κ1) is 18.7. The molecule has 1 aliphatic heterocycles. The number of aromatic nitrogens is 8. The summed E-state index contributed by atoms with van der Waals surface area (Å²) in [6, 6.07) is 8.23. The van der Waals surface area contributed by atoms with E-state index < -0.39 is 0 Å². The number of anilines is 1. The fraction of sp³-hybridized carbons (Fsp3) is 0.273. The van der Waals surface area contributed by atoms with Crippen molar-refractivity contribution >= 4 is 11.5 Å². The minimum atomic E-state index is -0.247. The summed E-state index contributed by atoms with van der Waals surface area (Å²) in [7, 11) is 0. The first-order valence-electron chi connectivity index (χ1n) is 10.6. The van der Waals surface area contributed by atoms with Crippen LogP contribution < -0.4 is 4.90 Å². The molecule has 1 unspecified atom stereocenters. The van der Waals surface area contributed by atoms with E-state index >= 15 is 0 Å². The quantitative estimate of drug-likeness (QED) is 0.465. The molecule has 6 heterocycles. The predicted octanol–water partition coefficient (Wildman–Crippen LogP) is 3.17. The van der Waals surface area contributed by atoms with Crippen LogP contribution in [0.15, 0.2) is 53.7 Å². The summed E-state index contributed by atoms with van der Waals surface area (Å²) in [5.74, 6) is 0.740. The zero-order valence-corrected chi connectivity index (χ0v) is 17.7. The molecule has 1 aliphatic rings. The van der Waals surface area contributed by atoms with Gasteiger partial charge in [-0.1, -0.05) is 25.0 Å². The monoisotopic (exact) mass is 427 g/mol. The van der Waals surface area contributed by atoms with Crippen molar-refractivity contribution in [1.29, 1.82) is 0 Å². The number of pyridine rings is 1. The first-order chi connectivity index (χ1) is 15.7. The molecular weight excluding hydrogens is 406 g/mol. The number of H-pyrrole nitrogens is 1. The van der Waals surface area contributed by atoms with Gasteiger partial charge in [-0.3, -0.25) is 0 Å². The van der Waals surface area contributed by atoms with E-state index in [9.17, 15) is 0 Å². The van der Waals surface area contributed by atoms with Crippen molar-refractivity contribution in [1.82, 2.24) is 39.7 Å². The maximum atomic E-state index is 6.03. The Balaban J connectivity index is 1.46. The number of nitrogens with one attached hydrogen (secondary N) is 1. The highest BCUT2D eigenvalue weighted by Gasteiger charge is 2.36. The van der Waals surface area contributed by atoms with Crippen molar-refractivity contribution in [2.75, 3.05) is 11.4 Å². The van der Waals surface area contributed by atoms with Crippen LogP contribution in [0.5, 0.6) is 0 Å². The number of hydrogen-bond acceptors (Lipinski definition) is 8. The second-order valence-electron chi connectivity index (χ2n) is 8.11. The Hall–Kier alpha value is -4.08. The largest absolute Gasteiger partial charge is 0.402 e. The van der Waals surface area contributed by atoms with Crippen molar-refractivity contribution < 1.29 is 4.42 Å². The lowest BCUT2D eigenvalue weighted by Gasteiger charge is -2.32. The third-order valence-electron chi connectivity index (χ3n) is 5.84. The average Bonchev–Trinajstić information content (AvgIpc) is 3.57. The van der Waals surface area contributed by atoms with Crippen LogP contribution in [0.2, 0.25) is 0 Å². The van der Waals surface area contributed by atoms with E-state index in [2.05, 4.69) is 61.0 Å². The lowest BCUT2D eigenvalue weighted by Crippen LogP contribution is -2.36. The summed E-state index contributed by atoms with van der Waals surface area (Å²) in [5.41, 5.74) is 5.83. The summed E-state index contributed by atoms with van der Waals surface area (Å²) in [6.07, 6.45) is 7.61. The molecule has 1 atom stereocenters. The van der Waals surface area contributed by atoms with Crippen LogP contribution in [0.4, 0.5) is 6.01 Å². The van der Waals surface area contributed by atoms with E-state index in [1.54, 1.807) is 18.6 Å². The van der Waals surface area contributed by atoms with E-state index in [0.717, 1.165) is 29.0 Å². The third kappa shape index (κ3) is 2.95. The van der Waals surface area contributed by atoms with E-state index in [1.165, 1.54) is 11.9 Å². The van der Waals surface area contributed by atoms with Gasteiger partial charge in [0.2, 0.25) is 0 Å². The Morgan fingerprint density at radius 1 is 1.19 bits per heavy atom. The highest BCUT2D eigenvalue weighted by atomic mass is 16.4. The van der Waals surface area contributed by atoms with Crippen molar-refractivity contribution in [3.05, 3.63) is 72.0 Å². The lowest BCUT2D eigenvalue weighted by atomic mass is 9.99. The second kappa shape index (κ2) is 7.26. The fourth-order valence-electron chi connectivity index (χ4n) is 4.31. The highest BCUT2D eigenvalue weighted by Crippen LogP contribution is 2.37. The molecule has 5 aromatic heterocycles. The van der Waals surface area contributed by atoms with Gasteiger partial charge in [-0.2, -0.15) is 5.10 Å². The maximum Gasteiger partial charge on any atom is 0.319 e. The molecule has 0 radical (unpaired) electrons. The molecule has 0 saturated carbocycles. The fourth-order valence-corrected chi connectivity index (χ4v) is 4.31. The van der Waals surface area contributed by atoms with Crippen molar-refractivity contribution in [3.63, 3.8) is 0 Å². The van der Waals surface area contributed by atoms with Crippen LogP contribution in [0, 0.1) is 0 Å². The second-order valence-corrected chi connectivity index (χ2v) is 8.11. The first-order valence-corrected chi connectivity index (χ1v) is 10.6. The molecule has 32 heavy (non-hydrogen) atoms. The van der Waals surface area contributed by atoms with Crippen LogP contribution in [-0.4, -0.2) is 46.3 Å². The van der Waals surface area contributed by atoms with Crippen LogP contribution in [-0.2, 0) is 6.42 Å². The van der Waals surface area contributed by atoms with Gasteiger partial charge in [-0.05, 0) is 29.7 Å². The molecule has 1 N–H and O–H groups in total. The smallest absolute Gasteiger partial charge is 0.319 e. The van der Waals surface area contributed by atoms with E-state index in [0.29, 0.717) is 30.1 Å². The molecule has 0 spiro atoms. The zero-order valence-electron chi connectivity index (χ0n) is 17.7. The van der Waals surface area contributed by atoms with Crippen LogP contribution in [0.3, 0.4) is 0 Å². The zero-order chi connectivity index (χ0) is 21.7. The van der Waals surface area contributed by atoms with Crippen molar-refractivity contribution in [3.8, 4) is 11.6 Å². The lowest BCUT2D eigenvalue weighted by molar-refractivity contribution is 0.502. The summed E-state index contributed by atoms with van der Waals surface area (Å²) < 4.78 is 7.96. The molecule has 5 aromatic rings. The molecule has 6 rings (SSSR count). The van der Waals surface area contributed by atoms with Crippen molar-refractivity contribution in [2.45, 2.75) is 32.2 Å². The van der Waals surface area contributed by atoms with Gasteiger partial charge in [0.05, 0.1) is 23.2 Å². The minimum absolute atomic E-state index is 0.247. The number of rotatable bonds is 4. The molecule has 0 aromatic carbocycles. The molecule has 0 fully saturated rings. The molecule has 0 bridgehead atoms. The van der Waals surface area contributed by atoms with Gasteiger partial charge in [0.1, 0.15) is 18.1 Å². The standard InChI is InChI=1S/C22H21N9O/c1-13(2)14-4-3-8-31-18(14)10-17(29-31)20-19-15(25-12-26-19)6-9-30(20)22-28-27-21(32-22)16-5-7-23-11-24-16/h3-5,7-8,10-13,20H,6,9H2,1-2H3,(H,25,26). The minimum Gasteiger partial charge on any atom is -0.402 e. The Bertz CT molecular complexity index is 1380. The summed E-state index contributed by atoms with van der Waals surface area (Å²) in [4.78, 5) is 18.1. The molecule has 0 amide bonds. The normalized spacial score (nSPS) is 16.1. The Kier molecular flexibility index (Phi) is 4.23. The van der Waals surface area contributed by atoms with Gasteiger partial charge < -0.3 is 14.3 Å². The average molecular weight is 427 g/mol. The molecule has 10 nitrogen and oxygen atoms in total. The number of fused-ring (bicyclic) bond motifs is 2. The topological polar surface area (TPSA) is 114 Å². The number of nitrogens with zero attached hydrogens (tertiary/aromatic N) is 8. The molecule has 0 aliphatic carbocycles. The number of hydrogen-bond donors (Lipinski definition) is 1. The molecule has 10 heteroatoms. The maximum absolute atomic E-state index is 6.03. The van der Waals surface area contributed by atoms with E-state index in [-0.39, 0.29) is 6.04 Å². The number of imidazole rings is 1. The SMILES string of the molecule is CC(C)c1cccn2nc(C3c4nc[nH]c4CCN3c3nnc(-c4ccncn4)o3)cc12. The highest BCUT2D eigenvalue weighted by molar-refractivity contribution is 5.59. The number of aromatic amines is 1. The van der Waals surface area contributed by atoms with Gasteiger partial charge in [0.25, 0.3) is 5.89 Å². The molecule has 0 saturated heterocycles. The molecule has 160 valence electrons. The Labute approximate surface area is 183 Å². The molecular formula is C22H21N9O. The van der Waals surface area contributed by atoms with Crippen molar-refractivity contribution in [2.24, 2.45) is 0 Å². The van der Waals surface area contributed by atoms with Gasteiger partial charge in [0, 0.05) is 31.1 Å². The Morgan fingerprint density at radius 2 is 2.12 bits per heavy atom. The third-order valence-corrected chi connectivity index (χ3v) is 5.84. The van der Waals surface area contributed by atoms with Crippen LogP contribution >= 0.6 is 0 Å². The van der Waals surface area contributed by atoms with Gasteiger partial charge in [0.15, 0.2) is 0 Å². The summed E-state index contributed by atoms with van der Waals surface area (Å²) in [6.45, 7) is 5.07. The van der Waals surface area contributed by atoms with Gasteiger partial charge in [-0.25, -0.2) is 19.5 Å². The van der Waals surface area contributed by atoms with E-state index in [1.807, 2.05) is 16.8 Å². The van der Waals surface area contributed by atoms with Gasteiger partial charge in [-0.15, -0.1) is 5.10 Å². The van der Waals surface area contributed by atoms with Crippen LogP contribution in [0.25, 0.3) is 17.1 Å². The van der Waals surface area contributed by atoms with Gasteiger partial charge >= 0.3 is 6.01 Å². The van der Waals surface area contributed by atoms with Crippen LogP contribution in [0.1, 0.15) is 48.5 Å². The summed E-state index contributed by atoms with van der Waals surface area (Å²) in [5, 5.41) is 13.4. The summed E-state index contributed by atoms with van der Waals surface area (Å²) >= 11 is 0. The predicted molar refractivity (Wildman–Crippen MR) is 116 cm³/mol.